The monoisotopic (exact) mass is 425 g/mol. The fraction of sp³-hybridized carbons (Fsp3) is 0.227. The van der Waals surface area contributed by atoms with E-state index in [1.54, 1.807) is 19.1 Å². The van der Waals surface area contributed by atoms with Crippen LogP contribution in [0.3, 0.4) is 0 Å². The second kappa shape index (κ2) is 8.69. The number of thiazole rings is 1. The van der Waals surface area contributed by atoms with Gasteiger partial charge in [-0.15, -0.1) is 11.3 Å². The summed E-state index contributed by atoms with van der Waals surface area (Å²) in [4.78, 5) is 4.72. The lowest BCUT2D eigenvalue weighted by Gasteiger charge is -2.37. The highest BCUT2D eigenvalue weighted by Crippen LogP contribution is 2.42. The van der Waals surface area contributed by atoms with Crippen molar-refractivity contribution in [3.05, 3.63) is 75.6 Å². The Balaban J connectivity index is 2.02. The van der Waals surface area contributed by atoms with Crippen LogP contribution in [-0.4, -0.2) is 22.9 Å². The topological polar surface area (TPSA) is 89.8 Å². The van der Waals surface area contributed by atoms with Gasteiger partial charge >= 0.3 is 0 Å². The van der Waals surface area contributed by atoms with Crippen LogP contribution in [0.1, 0.15) is 35.9 Å². The first-order valence-corrected chi connectivity index (χ1v) is 10.1. The Morgan fingerprint density at radius 1 is 1.30 bits per heavy atom. The van der Waals surface area contributed by atoms with Crippen LogP contribution in [0, 0.1) is 28.4 Å². The SMILES string of the molecule is C[C@@H](c1nc(-c2ccc(C#N)cc2)cs1)[C@](C)(CN(N)C=N)c1cc(F)ccc1F. The van der Waals surface area contributed by atoms with E-state index in [0.717, 1.165) is 39.7 Å². The summed E-state index contributed by atoms with van der Waals surface area (Å²) in [6.07, 6.45) is 0.951. The molecular weight excluding hydrogens is 404 g/mol. The van der Waals surface area contributed by atoms with Crippen molar-refractivity contribution in [1.29, 1.82) is 10.7 Å². The molecule has 0 unspecified atom stereocenters. The van der Waals surface area contributed by atoms with Crippen LogP contribution in [0.4, 0.5) is 8.78 Å². The van der Waals surface area contributed by atoms with E-state index in [1.807, 2.05) is 24.4 Å². The summed E-state index contributed by atoms with van der Waals surface area (Å²) in [5, 5.41) is 20.2. The fourth-order valence-electron chi connectivity index (χ4n) is 3.42. The number of nitrogens with one attached hydrogen (secondary N) is 1. The first-order valence-electron chi connectivity index (χ1n) is 9.22. The van der Waals surface area contributed by atoms with Crippen molar-refractivity contribution in [3.63, 3.8) is 0 Å². The molecule has 3 aromatic rings. The molecule has 2 atom stereocenters. The molecule has 0 bridgehead atoms. The third-order valence-corrected chi connectivity index (χ3v) is 6.41. The van der Waals surface area contributed by atoms with Gasteiger partial charge in [-0.2, -0.15) is 5.26 Å². The largest absolute Gasteiger partial charge is 0.301 e. The van der Waals surface area contributed by atoms with Crippen LogP contribution in [0.15, 0.2) is 47.8 Å². The van der Waals surface area contributed by atoms with Crippen LogP contribution >= 0.6 is 11.3 Å². The Bertz CT molecular complexity index is 1090. The quantitative estimate of drug-likeness (QED) is 0.246. The van der Waals surface area contributed by atoms with Gasteiger partial charge in [0.25, 0.3) is 0 Å². The van der Waals surface area contributed by atoms with E-state index < -0.39 is 17.0 Å². The molecule has 3 N–H and O–H groups in total. The van der Waals surface area contributed by atoms with E-state index in [1.165, 1.54) is 17.4 Å². The van der Waals surface area contributed by atoms with E-state index >= 15 is 0 Å². The molecule has 0 saturated carbocycles. The highest BCUT2D eigenvalue weighted by molar-refractivity contribution is 7.10. The van der Waals surface area contributed by atoms with Crippen molar-refractivity contribution in [1.82, 2.24) is 9.99 Å². The second-order valence-electron chi connectivity index (χ2n) is 7.32. The number of aromatic nitrogens is 1. The van der Waals surface area contributed by atoms with Gasteiger partial charge in [-0.25, -0.2) is 19.6 Å². The lowest BCUT2D eigenvalue weighted by atomic mass is 9.72. The molecule has 30 heavy (non-hydrogen) atoms. The molecule has 154 valence electrons. The Morgan fingerprint density at radius 2 is 2.00 bits per heavy atom. The molecule has 8 heteroatoms. The average molecular weight is 426 g/mol. The van der Waals surface area contributed by atoms with Crippen LogP contribution in [-0.2, 0) is 5.41 Å². The highest BCUT2D eigenvalue weighted by atomic mass is 32.1. The zero-order valence-corrected chi connectivity index (χ0v) is 17.4. The lowest BCUT2D eigenvalue weighted by molar-refractivity contribution is 0.278. The minimum Gasteiger partial charge on any atom is -0.301 e. The van der Waals surface area contributed by atoms with Crippen LogP contribution in [0.2, 0.25) is 0 Å². The number of benzene rings is 2. The van der Waals surface area contributed by atoms with Crippen LogP contribution in [0.5, 0.6) is 0 Å². The van der Waals surface area contributed by atoms with Gasteiger partial charge < -0.3 is 5.01 Å². The van der Waals surface area contributed by atoms with Gasteiger partial charge in [0.1, 0.15) is 11.6 Å². The molecule has 2 aromatic carbocycles. The zero-order valence-electron chi connectivity index (χ0n) is 16.6. The van der Waals surface area contributed by atoms with Crippen molar-refractivity contribution in [2.45, 2.75) is 25.2 Å². The Labute approximate surface area is 177 Å². The predicted octanol–water partition coefficient (Wildman–Crippen LogP) is 4.80. The average Bonchev–Trinajstić information content (AvgIpc) is 3.24. The van der Waals surface area contributed by atoms with E-state index in [9.17, 15) is 8.78 Å². The maximum Gasteiger partial charge on any atom is 0.127 e. The number of nitriles is 1. The number of rotatable bonds is 7. The summed E-state index contributed by atoms with van der Waals surface area (Å²) in [5.74, 6) is 4.46. The standard InChI is InChI=1S/C22H21F2N5S/c1-14(21-28-20(11-30-21)16-5-3-15(10-25)4-6-16)22(2,12-29(27)13-26)18-9-17(23)7-8-19(18)24/h3-9,11,13-14,26H,12,27H2,1-2H3/t14-,22-/m0/s1. The number of hydrogen-bond acceptors (Lipinski definition) is 5. The Morgan fingerprint density at radius 3 is 2.63 bits per heavy atom. The maximum atomic E-state index is 14.7. The minimum atomic E-state index is -0.946. The first kappa shape index (κ1) is 21.6. The molecule has 1 aromatic heterocycles. The van der Waals surface area contributed by atoms with Crippen molar-refractivity contribution in [2.75, 3.05) is 6.54 Å². The molecule has 1 heterocycles. The third-order valence-electron chi connectivity index (χ3n) is 5.38. The van der Waals surface area contributed by atoms with E-state index in [2.05, 4.69) is 6.07 Å². The summed E-state index contributed by atoms with van der Waals surface area (Å²) >= 11 is 1.42. The Hall–Kier alpha value is -3.15. The van der Waals surface area contributed by atoms with Crippen molar-refractivity contribution in [3.8, 4) is 17.3 Å². The van der Waals surface area contributed by atoms with Gasteiger partial charge in [-0.3, -0.25) is 5.41 Å². The van der Waals surface area contributed by atoms with Gasteiger partial charge in [-0.05, 0) is 35.9 Å². The first-order chi connectivity index (χ1) is 14.3. The molecule has 0 radical (unpaired) electrons. The van der Waals surface area contributed by atoms with Gasteiger partial charge in [0.05, 0.1) is 28.7 Å². The smallest absolute Gasteiger partial charge is 0.127 e. The second-order valence-corrected chi connectivity index (χ2v) is 8.21. The Kier molecular flexibility index (Phi) is 6.25. The number of nitrogens with two attached hydrogens (primary N) is 1. The molecule has 0 amide bonds. The van der Waals surface area contributed by atoms with Gasteiger partial charge in [0, 0.05) is 28.8 Å². The lowest BCUT2D eigenvalue weighted by Crippen LogP contribution is -2.45. The van der Waals surface area contributed by atoms with Gasteiger partial charge in [-0.1, -0.05) is 26.0 Å². The molecule has 0 saturated heterocycles. The molecular formula is C22H21F2N5S. The zero-order chi connectivity index (χ0) is 21.9. The molecule has 0 aliphatic rings. The van der Waals surface area contributed by atoms with Crippen LogP contribution in [0.25, 0.3) is 11.3 Å². The molecule has 0 aliphatic heterocycles. The molecule has 0 spiro atoms. The molecule has 3 rings (SSSR count). The van der Waals surface area contributed by atoms with Gasteiger partial charge in [0.2, 0.25) is 0 Å². The summed E-state index contributed by atoms with van der Waals surface area (Å²) in [6, 6.07) is 12.5. The van der Waals surface area contributed by atoms with Crippen LogP contribution < -0.4 is 5.84 Å². The van der Waals surface area contributed by atoms with Gasteiger partial charge in [0.15, 0.2) is 0 Å². The van der Waals surface area contributed by atoms with Crippen molar-refractivity contribution < 1.29 is 8.78 Å². The summed E-state index contributed by atoms with van der Waals surface area (Å²) in [7, 11) is 0. The van der Waals surface area contributed by atoms with E-state index in [4.69, 9.17) is 21.5 Å². The summed E-state index contributed by atoms with van der Waals surface area (Å²) < 4.78 is 28.7. The van der Waals surface area contributed by atoms with E-state index in [0.29, 0.717) is 5.56 Å². The van der Waals surface area contributed by atoms with E-state index in [-0.39, 0.29) is 18.0 Å². The number of nitrogens with zero attached hydrogens (tertiary/aromatic N) is 3. The summed E-state index contributed by atoms with van der Waals surface area (Å²) in [5.41, 5.74) is 1.40. The predicted molar refractivity (Wildman–Crippen MR) is 114 cm³/mol. The molecule has 0 fully saturated rings. The third kappa shape index (κ3) is 4.22. The van der Waals surface area contributed by atoms with Crippen molar-refractivity contribution in [2.24, 2.45) is 5.84 Å². The number of hydrazine groups is 1. The highest BCUT2D eigenvalue weighted by Gasteiger charge is 2.39. The summed E-state index contributed by atoms with van der Waals surface area (Å²) in [6.45, 7) is 3.79. The fourth-order valence-corrected chi connectivity index (χ4v) is 4.46. The maximum absolute atomic E-state index is 14.7. The molecule has 5 nitrogen and oxygen atoms in total. The van der Waals surface area contributed by atoms with Crippen molar-refractivity contribution >= 4 is 17.7 Å². The normalized spacial score (nSPS) is 13.9. The number of hydrogen-bond donors (Lipinski definition) is 2. The number of halogens is 2. The minimum absolute atomic E-state index is 0.101. The molecule has 0 aliphatic carbocycles.